The number of hydrogen-bond acceptors (Lipinski definition) is 4. The second kappa shape index (κ2) is 3.80. The Bertz CT molecular complexity index is 588. The third-order valence-electron chi connectivity index (χ3n) is 1.52. The molecule has 0 aromatic heterocycles. The first-order valence-corrected chi connectivity index (χ1v) is 6.92. The van der Waals surface area contributed by atoms with Crippen molar-refractivity contribution in [1.29, 1.82) is 0 Å². The minimum atomic E-state index is -4.69. The fourth-order valence-electron chi connectivity index (χ4n) is 0.939. The molecule has 0 saturated carbocycles. The Labute approximate surface area is 89.0 Å². The standard InChI is InChI=1S/C6H7O6PS2/c7-14(8,9)5-2-1-4(13)3-6(5)15(10,11)12/h1-3H,13H2,(H,7,8,9)(H,10,11,12). The van der Waals surface area contributed by atoms with Crippen LogP contribution >= 0.6 is 9.24 Å². The van der Waals surface area contributed by atoms with Gasteiger partial charge >= 0.3 is 0 Å². The molecule has 0 aliphatic heterocycles. The van der Waals surface area contributed by atoms with Gasteiger partial charge < -0.3 is 0 Å². The summed E-state index contributed by atoms with van der Waals surface area (Å²) < 4.78 is 60.7. The molecule has 9 heteroatoms. The van der Waals surface area contributed by atoms with Gasteiger partial charge in [-0.15, -0.1) is 9.24 Å². The second-order valence-corrected chi connectivity index (χ2v) is 6.10. The lowest BCUT2D eigenvalue weighted by atomic mass is 10.4. The van der Waals surface area contributed by atoms with Crippen LogP contribution in [0.25, 0.3) is 0 Å². The van der Waals surface area contributed by atoms with Gasteiger partial charge in [0.25, 0.3) is 20.2 Å². The molecule has 1 atom stereocenters. The molecule has 1 aromatic carbocycles. The number of rotatable bonds is 2. The minimum Gasteiger partial charge on any atom is -0.282 e. The van der Waals surface area contributed by atoms with E-state index < -0.39 is 30.0 Å². The van der Waals surface area contributed by atoms with Gasteiger partial charge in [-0.3, -0.25) is 9.11 Å². The molecule has 0 fully saturated rings. The first-order chi connectivity index (χ1) is 6.62. The Balaban J connectivity index is 3.71. The van der Waals surface area contributed by atoms with Crippen LogP contribution in [0.1, 0.15) is 0 Å². The Morgan fingerprint density at radius 2 is 1.40 bits per heavy atom. The third-order valence-corrected chi connectivity index (χ3v) is 3.82. The molecule has 6 nitrogen and oxygen atoms in total. The maximum absolute atomic E-state index is 10.8. The fraction of sp³-hybridized carbons (Fsp3) is 0. The van der Waals surface area contributed by atoms with Crippen LogP contribution in [0.5, 0.6) is 0 Å². The van der Waals surface area contributed by atoms with Crippen molar-refractivity contribution in [1.82, 2.24) is 0 Å². The zero-order valence-electron chi connectivity index (χ0n) is 7.15. The summed E-state index contributed by atoms with van der Waals surface area (Å²) in [6, 6.07) is 3.08. The maximum atomic E-state index is 10.8. The van der Waals surface area contributed by atoms with E-state index in [-0.39, 0.29) is 0 Å². The second-order valence-electron chi connectivity index (χ2n) is 2.66. The van der Waals surface area contributed by atoms with Gasteiger partial charge in [-0.25, -0.2) is 0 Å². The SMILES string of the molecule is O=S(=O)(O)c1ccc(P)cc1S(=O)(=O)O. The maximum Gasteiger partial charge on any atom is 0.295 e. The van der Waals surface area contributed by atoms with E-state index in [1.807, 2.05) is 0 Å². The van der Waals surface area contributed by atoms with E-state index in [1.54, 1.807) is 0 Å². The molecule has 15 heavy (non-hydrogen) atoms. The third kappa shape index (κ3) is 2.96. The Morgan fingerprint density at radius 1 is 0.933 bits per heavy atom. The lowest BCUT2D eigenvalue weighted by molar-refractivity contribution is 0.466. The predicted molar refractivity (Wildman–Crippen MR) is 55.4 cm³/mol. The molecule has 1 aromatic rings. The molecule has 1 rings (SSSR count). The predicted octanol–water partition coefficient (Wildman–Crippen LogP) is -0.320. The van der Waals surface area contributed by atoms with Crippen molar-refractivity contribution in [2.75, 3.05) is 0 Å². The summed E-state index contributed by atoms with van der Waals surface area (Å²) in [5, 5.41) is 0.357. The monoisotopic (exact) mass is 270 g/mol. The van der Waals surface area contributed by atoms with Crippen LogP contribution in [0.4, 0.5) is 0 Å². The summed E-state index contributed by atoms with van der Waals surface area (Å²) in [6.45, 7) is 0. The highest BCUT2D eigenvalue weighted by atomic mass is 32.2. The molecular formula is C6H7O6PS2. The molecule has 2 N–H and O–H groups in total. The molecule has 0 radical (unpaired) electrons. The summed E-state index contributed by atoms with van der Waals surface area (Å²) in [5.74, 6) is 0. The van der Waals surface area contributed by atoms with E-state index in [2.05, 4.69) is 9.24 Å². The zero-order chi connectivity index (χ0) is 11.9. The normalized spacial score (nSPS) is 12.7. The quantitative estimate of drug-likeness (QED) is 0.563. The van der Waals surface area contributed by atoms with E-state index >= 15 is 0 Å². The first-order valence-electron chi connectivity index (χ1n) is 3.47. The number of hydrogen-bond donors (Lipinski definition) is 2. The molecule has 84 valence electrons. The van der Waals surface area contributed by atoms with Gasteiger partial charge in [0, 0.05) is 0 Å². The largest absolute Gasteiger partial charge is 0.295 e. The molecule has 0 spiro atoms. The molecular weight excluding hydrogens is 263 g/mol. The highest BCUT2D eigenvalue weighted by molar-refractivity contribution is 7.89. The molecule has 0 heterocycles. The summed E-state index contributed by atoms with van der Waals surface area (Å²) in [4.78, 5) is -1.70. The Kier molecular flexibility index (Phi) is 3.18. The molecule has 0 amide bonds. The van der Waals surface area contributed by atoms with Crippen molar-refractivity contribution in [2.45, 2.75) is 9.79 Å². The van der Waals surface area contributed by atoms with Crippen LogP contribution in [0.2, 0.25) is 0 Å². The van der Waals surface area contributed by atoms with Gasteiger partial charge in [-0.2, -0.15) is 16.8 Å². The fourth-order valence-corrected chi connectivity index (χ4v) is 3.12. The first kappa shape index (κ1) is 12.5. The van der Waals surface area contributed by atoms with Crippen molar-refractivity contribution >= 4 is 34.8 Å². The van der Waals surface area contributed by atoms with Crippen molar-refractivity contribution in [3.8, 4) is 0 Å². The van der Waals surface area contributed by atoms with E-state index in [9.17, 15) is 16.8 Å². The van der Waals surface area contributed by atoms with Crippen LogP contribution in [-0.4, -0.2) is 25.9 Å². The van der Waals surface area contributed by atoms with Crippen molar-refractivity contribution < 1.29 is 25.9 Å². The van der Waals surface area contributed by atoms with Crippen molar-refractivity contribution in [2.24, 2.45) is 0 Å². The van der Waals surface area contributed by atoms with Gasteiger partial charge in [0.15, 0.2) is 0 Å². The van der Waals surface area contributed by atoms with Gasteiger partial charge in [-0.1, -0.05) is 6.07 Å². The van der Waals surface area contributed by atoms with Crippen LogP contribution in [0, 0.1) is 0 Å². The average molecular weight is 270 g/mol. The Hall–Kier alpha value is -0.530. The average Bonchev–Trinajstić information content (AvgIpc) is 2.00. The lowest BCUT2D eigenvalue weighted by Gasteiger charge is -2.04. The van der Waals surface area contributed by atoms with Crippen molar-refractivity contribution in [3.05, 3.63) is 18.2 Å². The van der Waals surface area contributed by atoms with E-state index in [0.29, 0.717) is 5.30 Å². The smallest absolute Gasteiger partial charge is 0.282 e. The highest BCUT2D eigenvalue weighted by Crippen LogP contribution is 2.19. The van der Waals surface area contributed by atoms with Gasteiger partial charge in [0.1, 0.15) is 9.79 Å². The van der Waals surface area contributed by atoms with E-state index in [1.165, 1.54) is 6.07 Å². The molecule has 0 aliphatic carbocycles. The molecule has 1 unspecified atom stereocenters. The topological polar surface area (TPSA) is 109 Å². The summed E-state index contributed by atoms with van der Waals surface area (Å²) in [6.07, 6.45) is 0. The van der Waals surface area contributed by atoms with Crippen molar-refractivity contribution in [3.63, 3.8) is 0 Å². The zero-order valence-corrected chi connectivity index (χ0v) is 9.94. The molecule has 0 aliphatic rings. The van der Waals surface area contributed by atoms with Gasteiger partial charge in [-0.05, 0) is 17.4 Å². The Morgan fingerprint density at radius 3 is 1.80 bits per heavy atom. The summed E-state index contributed by atoms with van der Waals surface area (Å²) in [7, 11) is -7.24. The highest BCUT2D eigenvalue weighted by Gasteiger charge is 2.23. The number of benzene rings is 1. The van der Waals surface area contributed by atoms with Crippen LogP contribution < -0.4 is 5.30 Å². The minimum absolute atomic E-state index is 0.357. The molecule has 0 bridgehead atoms. The van der Waals surface area contributed by atoms with E-state index in [0.717, 1.165) is 12.1 Å². The van der Waals surface area contributed by atoms with Crippen LogP contribution in [-0.2, 0) is 20.2 Å². The van der Waals surface area contributed by atoms with Crippen LogP contribution in [0.15, 0.2) is 28.0 Å². The van der Waals surface area contributed by atoms with Gasteiger partial charge in [0.2, 0.25) is 0 Å². The van der Waals surface area contributed by atoms with Gasteiger partial charge in [0.05, 0.1) is 0 Å². The van der Waals surface area contributed by atoms with Crippen LogP contribution in [0.3, 0.4) is 0 Å². The summed E-state index contributed by atoms with van der Waals surface area (Å²) in [5.41, 5.74) is 0. The lowest BCUT2D eigenvalue weighted by Crippen LogP contribution is -2.10. The summed E-state index contributed by atoms with van der Waals surface area (Å²) >= 11 is 0. The van der Waals surface area contributed by atoms with E-state index in [4.69, 9.17) is 9.11 Å². The molecule has 0 saturated heterocycles.